The third-order valence-corrected chi connectivity index (χ3v) is 13.6. The summed E-state index contributed by atoms with van der Waals surface area (Å²) in [6.45, 7) is 2.40. The molecule has 4 aliphatic carbocycles. The van der Waals surface area contributed by atoms with Gasteiger partial charge in [-0.2, -0.15) is 22.0 Å². The molecule has 0 aromatic heterocycles. The first-order chi connectivity index (χ1) is 20.7. The van der Waals surface area contributed by atoms with Gasteiger partial charge in [-0.3, -0.25) is 4.21 Å². The van der Waals surface area contributed by atoms with E-state index in [1.165, 1.54) is 5.56 Å². The fourth-order valence-electron chi connectivity index (χ4n) is 9.59. The first-order valence-electron chi connectivity index (χ1n) is 16.7. The van der Waals surface area contributed by atoms with Gasteiger partial charge in [-0.15, -0.1) is 0 Å². The van der Waals surface area contributed by atoms with Crippen molar-refractivity contribution in [2.24, 2.45) is 28.6 Å². The van der Waals surface area contributed by atoms with E-state index in [9.17, 15) is 41.5 Å². The molecule has 5 unspecified atom stereocenters. The third kappa shape index (κ3) is 6.47. The van der Waals surface area contributed by atoms with Crippen molar-refractivity contribution in [3.05, 3.63) is 29.3 Å². The smallest absolute Gasteiger partial charge is 0.453 e. The summed E-state index contributed by atoms with van der Waals surface area (Å²) in [6.07, 6.45) is 4.43. The molecular weight excluding hydrogens is 599 g/mol. The molecule has 0 amide bonds. The minimum atomic E-state index is -5.56. The largest absolute Gasteiger partial charge is 0.508 e. The van der Waals surface area contributed by atoms with Gasteiger partial charge in [0.05, 0.1) is 12.2 Å². The van der Waals surface area contributed by atoms with E-state index in [0.717, 1.165) is 82.6 Å². The Morgan fingerprint density at radius 1 is 0.886 bits per heavy atom. The van der Waals surface area contributed by atoms with Crippen LogP contribution >= 0.6 is 0 Å². The topological polar surface area (TPSA) is 77.8 Å². The lowest BCUT2D eigenvalue weighted by molar-refractivity contribution is -0.284. The fraction of sp³-hybridized carbons (Fsp3) is 0.824. The Bertz CT molecular complexity index is 1170. The van der Waals surface area contributed by atoms with Crippen LogP contribution < -0.4 is 0 Å². The van der Waals surface area contributed by atoms with Crippen LogP contribution in [-0.2, 0) is 10.8 Å². The zero-order valence-electron chi connectivity index (χ0n) is 25.8. The Morgan fingerprint density at radius 3 is 2.18 bits per heavy atom. The number of unbranched alkanes of at least 4 members (excludes halogenated alkanes) is 6. The summed E-state index contributed by atoms with van der Waals surface area (Å²) >= 11 is 0. The number of halogens is 5. The van der Waals surface area contributed by atoms with Gasteiger partial charge in [-0.25, -0.2) is 0 Å². The van der Waals surface area contributed by atoms with Crippen LogP contribution in [0.25, 0.3) is 0 Å². The molecule has 3 N–H and O–H groups in total. The highest BCUT2D eigenvalue weighted by Crippen LogP contribution is 2.76. The number of aliphatic hydroxyl groups is 2. The van der Waals surface area contributed by atoms with Gasteiger partial charge in [-0.05, 0) is 104 Å². The van der Waals surface area contributed by atoms with Gasteiger partial charge >= 0.3 is 12.1 Å². The molecule has 3 saturated carbocycles. The summed E-state index contributed by atoms with van der Waals surface area (Å²) in [5, 5.41) is 33.1. The van der Waals surface area contributed by atoms with Crippen LogP contribution in [0.4, 0.5) is 22.0 Å². The van der Waals surface area contributed by atoms with Crippen LogP contribution in [0.2, 0.25) is 0 Å². The van der Waals surface area contributed by atoms with E-state index in [2.05, 4.69) is 6.92 Å². The normalized spacial score (nSPS) is 33.1. The predicted molar refractivity (Wildman–Crippen MR) is 161 cm³/mol. The van der Waals surface area contributed by atoms with E-state index in [-0.39, 0.29) is 34.4 Å². The SMILES string of the molecule is C[C@]12CCC3c4ccc(O)cc4[C@@H](O)C(CCCCCCCCCS(=O)CCCC(F)(F)C(F)(F)F)C3C1C[C@@H](O)C21CC1. The van der Waals surface area contributed by atoms with Crippen LogP contribution in [0.3, 0.4) is 0 Å². The molecule has 1 spiro atoms. The number of phenolic OH excluding ortho intramolecular Hbond substituents is 1. The molecule has 44 heavy (non-hydrogen) atoms. The average Bonchev–Trinajstić information content (AvgIpc) is 3.74. The molecule has 4 aliphatic rings. The summed E-state index contributed by atoms with van der Waals surface area (Å²) in [5.74, 6) is -3.23. The molecule has 0 radical (unpaired) electrons. The minimum absolute atomic E-state index is 0.0573. The number of hydrogen-bond acceptors (Lipinski definition) is 4. The molecule has 0 aliphatic heterocycles. The lowest BCUT2D eigenvalue weighted by Gasteiger charge is -2.55. The Balaban J connectivity index is 1.06. The number of aliphatic hydroxyl groups excluding tert-OH is 2. The van der Waals surface area contributed by atoms with E-state index in [1.54, 1.807) is 12.1 Å². The minimum Gasteiger partial charge on any atom is -0.508 e. The van der Waals surface area contributed by atoms with Gasteiger partial charge in [0.15, 0.2) is 0 Å². The highest BCUT2D eigenvalue weighted by molar-refractivity contribution is 7.84. The predicted octanol–water partition coefficient (Wildman–Crippen LogP) is 8.56. The molecule has 4 nitrogen and oxygen atoms in total. The van der Waals surface area contributed by atoms with E-state index >= 15 is 0 Å². The zero-order valence-corrected chi connectivity index (χ0v) is 26.6. The van der Waals surface area contributed by atoms with Crippen molar-refractivity contribution < 1.29 is 41.5 Å². The first kappa shape index (κ1) is 34.1. The summed E-state index contributed by atoms with van der Waals surface area (Å²) in [7, 11) is -1.38. The molecule has 10 heteroatoms. The molecule has 0 bridgehead atoms. The summed E-state index contributed by atoms with van der Waals surface area (Å²) in [6, 6.07) is 5.48. The van der Waals surface area contributed by atoms with Gasteiger partial charge in [0.1, 0.15) is 5.75 Å². The second kappa shape index (κ2) is 13.1. The van der Waals surface area contributed by atoms with E-state index in [1.807, 2.05) is 6.07 Å². The van der Waals surface area contributed by atoms with E-state index < -0.39 is 41.8 Å². The molecule has 250 valence electrons. The number of phenols is 1. The van der Waals surface area contributed by atoms with Crippen molar-refractivity contribution in [2.75, 3.05) is 11.5 Å². The van der Waals surface area contributed by atoms with Crippen molar-refractivity contribution in [3.8, 4) is 5.75 Å². The summed E-state index contributed by atoms with van der Waals surface area (Å²) < 4.78 is 74.7. The highest BCUT2D eigenvalue weighted by atomic mass is 32.2. The van der Waals surface area contributed by atoms with Gasteiger partial charge in [0.25, 0.3) is 0 Å². The molecule has 0 heterocycles. The zero-order chi connectivity index (χ0) is 31.9. The Morgan fingerprint density at radius 2 is 1.52 bits per heavy atom. The first-order valence-corrected chi connectivity index (χ1v) is 18.2. The maximum Gasteiger partial charge on any atom is 0.453 e. The lowest BCUT2D eigenvalue weighted by Crippen LogP contribution is -2.47. The Hall–Kier alpha value is -1.26. The highest BCUT2D eigenvalue weighted by Gasteiger charge is 2.71. The molecule has 1 aromatic carbocycles. The average molecular weight is 649 g/mol. The summed E-state index contributed by atoms with van der Waals surface area (Å²) in [5.41, 5.74) is 2.20. The Kier molecular flexibility index (Phi) is 10.1. The van der Waals surface area contributed by atoms with Crippen molar-refractivity contribution in [3.63, 3.8) is 0 Å². The number of rotatable bonds is 14. The van der Waals surface area contributed by atoms with Crippen molar-refractivity contribution in [1.82, 2.24) is 0 Å². The van der Waals surface area contributed by atoms with Crippen LogP contribution in [0.1, 0.15) is 126 Å². The van der Waals surface area contributed by atoms with Gasteiger partial charge < -0.3 is 15.3 Å². The van der Waals surface area contributed by atoms with Crippen LogP contribution in [0.5, 0.6) is 5.75 Å². The van der Waals surface area contributed by atoms with Gasteiger partial charge in [-0.1, -0.05) is 51.5 Å². The molecule has 5 rings (SSSR count). The third-order valence-electron chi connectivity index (χ3n) is 12.1. The standard InChI is InChI=1S/C34H49F5O4S/c1-31-15-13-24-23-12-11-22(40)20-26(23)30(42)25(29(24)27(31)21-28(41)32(31)16-17-32)10-7-5-3-2-4-6-8-18-44(43)19-9-14-33(35,36)34(37,38)39/h11-12,20,24-25,27-30,40-42H,2-10,13-19,21H2,1H3/t24?,25?,27?,28-,29?,30+,31+,44?/m1/s1. The van der Waals surface area contributed by atoms with Gasteiger partial charge in [0, 0.05) is 34.1 Å². The van der Waals surface area contributed by atoms with Crippen LogP contribution in [0, 0.1) is 28.6 Å². The number of aromatic hydroxyl groups is 1. The van der Waals surface area contributed by atoms with Crippen molar-refractivity contribution >= 4 is 10.8 Å². The van der Waals surface area contributed by atoms with Crippen molar-refractivity contribution in [2.45, 2.75) is 133 Å². The molecule has 1 aromatic rings. The van der Waals surface area contributed by atoms with Crippen LogP contribution in [0.15, 0.2) is 18.2 Å². The van der Waals surface area contributed by atoms with Gasteiger partial charge in [0.2, 0.25) is 0 Å². The quantitative estimate of drug-likeness (QED) is 0.140. The van der Waals surface area contributed by atoms with Crippen LogP contribution in [-0.4, -0.2) is 49.2 Å². The second-order valence-corrected chi connectivity index (χ2v) is 16.2. The molecule has 3 fully saturated rings. The maximum atomic E-state index is 13.0. The molecule has 0 saturated heterocycles. The fourth-order valence-corrected chi connectivity index (χ4v) is 10.8. The lowest BCUT2D eigenvalue weighted by atomic mass is 9.50. The maximum absolute atomic E-state index is 13.0. The monoisotopic (exact) mass is 648 g/mol. The number of alkyl halides is 5. The number of fused-ring (bicyclic) bond motifs is 6. The molecular formula is C34H49F5O4S. The second-order valence-electron chi connectivity index (χ2n) is 14.5. The summed E-state index contributed by atoms with van der Waals surface area (Å²) in [4.78, 5) is 0. The molecule has 8 atom stereocenters. The number of hydrogen-bond donors (Lipinski definition) is 3. The Labute approximate surface area is 260 Å². The van der Waals surface area contributed by atoms with E-state index in [0.29, 0.717) is 29.9 Å². The van der Waals surface area contributed by atoms with Crippen molar-refractivity contribution in [1.29, 1.82) is 0 Å². The van der Waals surface area contributed by atoms with E-state index in [4.69, 9.17) is 0 Å². The number of benzene rings is 1.